The fraction of sp³-hybridized carbons (Fsp3) is 0.286. The van der Waals surface area contributed by atoms with Crippen LogP contribution in [-0.4, -0.2) is 27.7 Å². The van der Waals surface area contributed by atoms with Gasteiger partial charge in [0.25, 0.3) is 0 Å². The SMILES string of the molecule is CC[C@H](N)CNc1ccnc(-c2cc(F)ccc2O)n1. The highest BCUT2D eigenvalue weighted by atomic mass is 19.1. The lowest BCUT2D eigenvalue weighted by atomic mass is 10.2. The highest BCUT2D eigenvalue weighted by Gasteiger charge is 2.09. The number of nitrogens with one attached hydrogen (secondary N) is 1. The van der Waals surface area contributed by atoms with Gasteiger partial charge in [0.1, 0.15) is 17.4 Å². The van der Waals surface area contributed by atoms with Gasteiger partial charge in [-0.15, -0.1) is 0 Å². The van der Waals surface area contributed by atoms with Crippen LogP contribution in [0.3, 0.4) is 0 Å². The minimum absolute atomic E-state index is 0.0380. The second kappa shape index (κ2) is 6.29. The van der Waals surface area contributed by atoms with Crippen molar-refractivity contribution in [1.29, 1.82) is 0 Å². The predicted octanol–water partition coefficient (Wildman–Crippen LogP) is 2.14. The van der Waals surface area contributed by atoms with Crippen LogP contribution in [0.4, 0.5) is 10.2 Å². The van der Waals surface area contributed by atoms with Crippen molar-refractivity contribution in [3.8, 4) is 17.1 Å². The lowest BCUT2D eigenvalue weighted by Crippen LogP contribution is -2.28. The number of nitrogens with zero attached hydrogens (tertiary/aromatic N) is 2. The molecule has 0 saturated carbocycles. The normalized spacial score (nSPS) is 12.2. The maximum Gasteiger partial charge on any atom is 0.165 e. The first-order valence-electron chi connectivity index (χ1n) is 6.41. The van der Waals surface area contributed by atoms with E-state index in [2.05, 4.69) is 15.3 Å². The third-order valence-electron chi connectivity index (χ3n) is 2.92. The van der Waals surface area contributed by atoms with E-state index in [1.807, 2.05) is 6.92 Å². The predicted molar refractivity (Wildman–Crippen MR) is 75.8 cm³/mol. The van der Waals surface area contributed by atoms with Crippen molar-refractivity contribution in [1.82, 2.24) is 9.97 Å². The van der Waals surface area contributed by atoms with Crippen LogP contribution in [0, 0.1) is 5.82 Å². The van der Waals surface area contributed by atoms with Gasteiger partial charge in [0.2, 0.25) is 0 Å². The Balaban J connectivity index is 2.23. The highest BCUT2D eigenvalue weighted by Crippen LogP contribution is 2.27. The van der Waals surface area contributed by atoms with Gasteiger partial charge in [0.05, 0.1) is 5.56 Å². The lowest BCUT2D eigenvalue weighted by Gasteiger charge is -2.11. The van der Waals surface area contributed by atoms with Crippen LogP contribution in [0.2, 0.25) is 0 Å². The quantitative estimate of drug-likeness (QED) is 0.779. The van der Waals surface area contributed by atoms with Gasteiger partial charge >= 0.3 is 0 Å². The summed E-state index contributed by atoms with van der Waals surface area (Å²) in [6, 6.07) is 5.40. The van der Waals surface area contributed by atoms with Gasteiger partial charge in [-0.25, -0.2) is 14.4 Å². The van der Waals surface area contributed by atoms with Gasteiger partial charge in [-0.1, -0.05) is 6.92 Å². The summed E-state index contributed by atoms with van der Waals surface area (Å²) in [5.41, 5.74) is 6.08. The second-order valence-electron chi connectivity index (χ2n) is 4.48. The van der Waals surface area contributed by atoms with E-state index in [-0.39, 0.29) is 23.2 Å². The monoisotopic (exact) mass is 276 g/mol. The van der Waals surface area contributed by atoms with E-state index in [1.54, 1.807) is 12.3 Å². The number of benzene rings is 1. The first-order valence-corrected chi connectivity index (χ1v) is 6.41. The molecule has 0 amide bonds. The molecule has 4 N–H and O–H groups in total. The molecule has 0 fully saturated rings. The van der Waals surface area contributed by atoms with Crippen LogP contribution < -0.4 is 11.1 Å². The fourth-order valence-electron chi connectivity index (χ4n) is 1.65. The molecular weight excluding hydrogens is 259 g/mol. The number of phenolic OH excluding ortho intramolecular Hbond substituents is 1. The Bertz CT molecular complexity index is 591. The number of aromatic nitrogens is 2. The summed E-state index contributed by atoms with van der Waals surface area (Å²) in [5, 5.41) is 12.8. The van der Waals surface area contributed by atoms with Gasteiger partial charge in [-0.2, -0.15) is 0 Å². The number of halogens is 1. The smallest absolute Gasteiger partial charge is 0.165 e. The maximum absolute atomic E-state index is 13.2. The Morgan fingerprint density at radius 1 is 1.40 bits per heavy atom. The topological polar surface area (TPSA) is 84.1 Å². The highest BCUT2D eigenvalue weighted by molar-refractivity contribution is 5.64. The van der Waals surface area contributed by atoms with E-state index in [4.69, 9.17) is 5.73 Å². The first kappa shape index (κ1) is 14.2. The minimum atomic E-state index is -0.451. The number of anilines is 1. The summed E-state index contributed by atoms with van der Waals surface area (Å²) < 4.78 is 13.2. The van der Waals surface area contributed by atoms with Gasteiger partial charge in [0.15, 0.2) is 5.82 Å². The summed E-state index contributed by atoms with van der Waals surface area (Å²) in [7, 11) is 0. The summed E-state index contributed by atoms with van der Waals surface area (Å²) in [5.74, 6) is 0.334. The van der Waals surface area contributed by atoms with Crippen LogP contribution >= 0.6 is 0 Å². The van der Waals surface area contributed by atoms with Crippen molar-refractivity contribution in [3.05, 3.63) is 36.3 Å². The Morgan fingerprint density at radius 3 is 2.95 bits per heavy atom. The van der Waals surface area contributed by atoms with Crippen LogP contribution in [0.15, 0.2) is 30.5 Å². The number of hydrogen-bond acceptors (Lipinski definition) is 5. The number of rotatable bonds is 5. The number of hydrogen-bond donors (Lipinski definition) is 3. The molecule has 0 spiro atoms. The average Bonchev–Trinajstić information content (AvgIpc) is 2.47. The van der Waals surface area contributed by atoms with E-state index >= 15 is 0 Å². The van der Waals surface area contributed by atoms with Crippen molar-refractivity contribution in [3.63, 3.8) is 0 Å². The molecule has 5 nitrogen and oxygen atoms in total. The van der Waals surface area contributed by atoms with E-state index in [9.17, 15) is 9.50 Å². The van der Waals surface area contributed by atoms with Crippen molar-refractivity contribution >= 4 is 5.82 Å². The molecule has 0 aliphatic rings. The molecule has 1 aromatic carbocycles. The van der Waals surface area contributed by atoms with Crippen LogP contribution in [0.5, 0.6) is 5.75 Å². The maximum atomic E-state index is 13.2. The van der Waals surface area contributed by atoms with E-state index in [0.29, 0.717) is 12.4 Å². The zero-order chi connectivity index (χ0) is 14.5. The van der Waals surface area contributed by atoms with Gasteiger partial charge in [-0.05, 0) is 30.7 Å². The van der Waals surface area contributed by atoms with Gasteiger partial charge in [0, 0.05) is 18.8 Å². The van der Waals surface area contributed by atoms with E-state index in [1.165, 1.54) is 18.2 Å². The Hall–Kier alpha value is -2.21. The van der Waals surface area contributed by atoms with Crippen LogP contribution in [0.25, 0.3) is 11.4 Å². The zero-order valence-electron chi connectivity index (χ0n) is 11.2. The summed E-state index contributed by atoms with van der Waals surface area (Å²) in [6.07, 6.45) is 2.40. The Labute approximate surface area is 116 Å². The molecule has 0 unspecified atom stereocenters. The molecule has 6 heteroatoms. The number of nitrogens with two attached hydrogens (primary N) is 1. The standard InChI is InChI=1S/C14H17FN4O/c1-2-10(16)8-18-13-5-6-17-14(19-13)11-7-9(15)3-4-12(11)20/h3-7,10,20H,2,8,16H2,1H3,(H,17,18,19)/t10-/m0/s1. The average molecular weight is 276 g/mol. The van der Waals surface area contributed by atoms with Gasteiger partial charge < -0.3 is 16.2 Å². The molecule has 20 heavy (non-hydrogen) atoms. The molecule has 106 valence electrons. The van der Waals surface area contributed by atoms with Crippen molar-refractivity contribution in [2.75, 3.05) is 11.9 Å². The fourth-order valence-corrected chi connectivity index (χ4v) is 1.65. The summed E-state index contributed by atoms with van der Waals surface area (Å²) >= 11 is 0. The van der Waals surface area contributed by atoms with Crippen molar-refractivity contribution in [2.45, 2.75) is 19.4 Å². The third kappa shape index (κ3) is 3.42. The summed E-state index contributed by atoms with van der Waals surface area (Å²) in [4.78, 5) is 8.30. The molecule has 1 atom stereocenters. The number of phenols is 1. The Morgan fingerprint density at radius 2 is 2.20 bits per heavy atom. The van der Waals surface area contributed by atoms with Gasteiger partial charge in [-0.3, -0.25) is 0 Å². The molecule has 0 saturated heterocycles. The van der Waals surface area contributed by atoms with Crippen LogP contribution in [0.1, 0.15) is 13.3 Å². The van der Waals surface area contributed by atoms with E-state index < -0.39 is 5.82 Å². The summed E-state index contributed by atoms with van der Waals surface area (Å²) in [6.45, 7) is 2.59. The molecule has 0 aliphatic carbocycles. The lowest BCUT2D eigenvalue weighted by molar-refractivity contribution is 0.474. The third-order valence-corrected chi connectivity index (χ3v) is 2.92. The van der Waals surface area contributed by atoms with Crippen molar-refractivity contribution in [2.24, 2.45) is 5.73 Å². The molecule has 0 radical (unpaired) electrons. The van der Waals surface area contributed by atoms with E-state index in [0.717, 1.165) is 6.42 Å². The molecule has 2 rings (SSSR count). The molecular formula is C14H17FN4O. The minimum Gasteiger partial charge on any atom is -0.507 e. The molecule has 1 heterocycles. The second-order valence-corrected chi connectivity index (χ2v) is 4.48. The Kier molecular flexibility index (Phi) is 4.47. The van der Waals surface area contributed by atoms with Crippen molar-refractivity contribution < 1.29 is 9.50 Å². The first-order chi connectivity index (χ1) is 9.60. The molecule has 1 aromatic heterocycles. The molecule has 2 aromatic rings. The number of aromatic hydroxyl groups is 1. The molecule has 0 bridgehead atoms. The zero-order valence-corrected chi connectivity index (χ0v) is 11.2. The molecule has 0 aliphatic heterocycles. The van der Waals surface area contributed by atoms with Crippen LogP contribution in [-0.2, 0) is 0 Å². The largest absolute Gasteiger partial charge is 0.507 e.